The number of para-hydroxylation sites is 1. The number of hydrogen-bond donors (Lipinski definition) is 0. The number of nitrogens with zero attached hydrogens (tertiary/aromatic N) is 2. The van der Waals surface area contributed by atoms with Crippen LogP contribution >= 0.6 is 11.8 Å². The molecule has 0 N–H and O–H groups in total. The molecule has 2 aromatic rings. The van der Waals surface area contributed by atoms with Crippen molar-refractivity contribution in [2.24, 2.45) is 5.92 Å². The van der Waals surface area contributed by atoms with Crippen molar-refractivity contribution in [2.75, 3.05) is 38.2 Å². The zero-order valence-electron chi connectivity index (χ0n) is 16.0. The number of methoxy groups -OCH3 is 1. The number of fused-ring (bicyclic) bond motifs is 2. The van der Waals surface area contributed by atoms with E-state index in [1.807, 2.05) is 12.1 Å². The van der Waals surface area contributed by atoms with Crippen LogP contribution in [0.1, 0.15) is 30.1 Å². The Kier molecular flexibility index (Phi) is 5.41. The van der Waals surface area contributed by atoms with Gasteiger partial charge in [0.1, 0.15) is 0 Å². The third-order valence-electron chi connectivity index (χ3n) is 5.31. The lowest BCUT2D eigenvalue weighted by molar-refractivity contribution is 0.0600. The first-order valence-corrected chi connectivity index (χ1v) is 10.5. The van der Waals surface area contributed by atoms with E-state index in [9.17, 15) is 4.79 Å². The summed E-state index contributed by atoms with van der Waals surface area (Å²) in [5.74, 6) is 0.276. The number of likely N-dealkylation sites (tertiary alicyclic amines) is 1. The zero-order valence-corrected chi connectivity index (χ0v) is 16.8. The lowest BCUT2D eigenvalue weighted by atomic mass is 10.1. The maximum absolute atomic E-state index is 11.9. The van der Waals surface area contributed by atoms with Crippen LogP contribution in [0.2, 0.25) is 0 Å². The Bertz CT molecular complexity index is 833. The number of esters is 1. The molecule has 1 atom stereocenters. The molecule has 142 valence electrons. The lowest BCUT2D eigenvalue weighted by Gasteiger charge is -2.35. The van der Waals surface area contributed by atoms with E-state index in [1.165, 1.54) is 49.3 Å². The van der Waals surface area contributed by atoms with E-state index >= 15 is 0 Å². The van der Waals surface area contributed by atoms with Gasteiger partial charge >= 0.3 is 5.97 Å². The third kappa shape index (κ3) is 3.85. The van der Waals surface area contributed by atoms with Crippen LogP contribution < -0.4 is 4.90 Å². The SMILES string of the molecule is COC(=O)c1ccc2c(c1)Sc1ccccc1N2CC(C)CN1CCCC1. The van der Waals surface area contributed by atoms with Crippen LogP contribution in [0.5, 0.6) is 0 Å². The summed E-state index contributed by atoms with van der Waals surface area (Å²) in [5, 5.41) is 0. The highest BCUT2D eigenvalue weighted by molar-refractivity contribution is 7.99. The maximum atomic E-state index is 11.9. The second-order valence-corrected chi connectivity index (χ2v) is 8.55. The van der Waals surface area contributed by atoms with Gasteiger partial charge in [-0.3, -0.25) is 0 Å². The van der Waals surface area contributed by atoms with Crippen LogP contribution in [-0.2, 0) is 4.74 Å². The summed E-state index contributed by atoms with van der Waals surface area (Å²) in [6.07, 6.45) is 2.66. The van der Waals surface area contributed by atoms with Crippen molar-refractivity contribution in [1.82, 2.24) is 4.90 Å². The molecule has 2 aliphatic heterocycles. The fourth-order valence-electron chi connectivity index (χ4n) is 4.05. The Balaban J connectivity index is 1.63. The minimum absolute atomic E-state index is 0.286. The molecule has 0 aromatic heterocycles. The summed E-state index contributed by atoms with van der Waals surface area (Å²) in [7, 11) is 1.43. The molecule has 0 saturated carbocycles. The van der Waals surface area contributed by atoms with Crippen LogP contribution in [0.25, 0.3) is 0 Å². The Hall–Kier alpha value is -1.98. The first-order chi connectivity index (χ1) is 13.2. The van der Waals surface area contributed by atoms with Gasteiger partial charge in [-0.2, -0.15) is 0 Å². The topological polar surface area (TPSA) is 32.8 Å². The number of hydrogen-bond acceptors (Lipinski definition) is 5. The van der Waals surface area contributed by atoms with Crippen LogP contribution in [0.4, 0.5) is 11.4 Å². The molecular formula is C22H26N2O2S. The molecule has 4 nitrogen and oxygen atoms in total. The number of ether oxygens (including phenoxy) is 1. The highest BCUT2D eigenvalue weighted by Crippen LogP contribution is 2.48. The van der Waals surface area contributed by atoms with Gasteiger partial charge in [0.15, 0.2) is 0 Å². The molecule has 2 aromatic carbocycles. The molecule has 1 saturated heterocycles. The lowest BCUT2D eigenvalue weighted by Crippen LogP contribution is -2.33. The Morgan fingerprint density at radius 1 is 1.07 bits per heavy atom. The van der Waals surface area contributed by atoms with E-state index < -0.39 is 0 Å². The largest absolute Gasteiger partial charge is 0.465 e. The molecule has 2 heterocycles. The fourth-order valence-corrected chi connectivity index (χ4v) is 5.19. The molecule has 27 heavy (non-hydrogen) atoms. The number of rotatable bonds is 5. The third-order valence-corrected chi connectivity index (χ3v) is 6.42. The van der Waals surface area contributed by atoms with Gasteiger partial charge in [0.2, 0.25) is 0 Å². The highest BCUT2D eigenvalue weighted by Gasteiger charge is 2.26. The van der Waals surface area contributed by atoms with E-state index in [4.69, 9.17) is 4.74 Å². The molecule has 0 spiro atoms. The average molecular weight is 383 g/mol. The van der Waals surface area contributed by atoms with Gasteiger partial charge in [0, 0.05) is 22.9 Å². The summed E-state index contributed by atoms with van der Waals surface area (Å²) in [6, 6.07) is 14.4. The Labute approximate surface area is 165 Å². The predicted molar refractivity (Wildman–Crippen MR) is 110 cm³/mol. The van der Waals surface area contributed by atoms with Gasteiger partial charge in [-0.05, 0) is 62.2 Å². The van der Waals surface area contributed by atoms with Crippen molar-refractivity contribution in [3.05, 3.63) is 48.0 Å². The molecule has 4 rings (SSSR count). The van der Waals surface area contributed by atoms with Crippen molar-refractivity contribution < 1.29 is 9.53 Å². The quantitative estimate of drug-likeness (QED) is 0.693. The van der Waals surface area contributed by atoms with Crippen molar-refractivity contribution in [1.29, 1.82) is 0 Å². The van der Waals surface area contributed by atoms with Gasteiger partial charge in [-0.15, -0.1) is 0 Å². The van der Waals surface area contributed by atoms with Crippen LogP contribution in [0.3, 0.4) is 0 Å². The second-order valence-electron chi connectivity index (χ2n) is 7.47. The summed E-state index contributed by atoms with van der Waals surface area (Å²) in [6.45, 7) is 6.91. The summed E-state index contributed by atoms with van der Waals surface area (Å²) in [5.41, 5.74) is 3.04. The van der Waals surface area contributed by atoms with Gasteiger partial charge in [0.25, 0.3) is 0 Å². The summed E-state index contributed by atoms with van der Waals surface area (Å²) >= 11 is 1.73. The number of carbonyl (C=O) groups is 1. The highest BCUT2D eigenvalue weighted by atomic mass is 32.2. The fraction of sp³-hybridized carbons (Fsp3) is 0.409. The molecule has 0 bridgehead atoms. The van der Waals surface area contributed by atoms with Gasteiger partial charge < -0.3 is 14.5 Å². The number of carbonyl (C=O) groups excluding carboxylic acids is 1. The zero-order chi connectivity index (χ0) is 18.8. The first-order valence-electron chi connectivity index (χ1n) is 9.65. The van der Waals surface area contributed by atoms with Crippen LogP contribution in [-0.4, -0.2) is 44.2 Å². The first kappa shape index (κ1) is 18.4. The van der Waals surface area contributed by atoms with Gasteiger partial charge in [0.05, 0.1) is 24.0 Å². The molecule has 0 aliphatic carbocycles. The summed E-state index contributed by atoms with van der Waals surface area (Å²) < 4.78 is 4.90. The molecule has 0 amide bonds. The number of benzene rings is 2. The average Bonchev–Trinajstić information content (AvgIpc) is 3.19. The number of anilines is 2. The smallest absolute Gasteiger partial charge is 0.337 e. The molecule has 5 heteroatoms. The van der Waals surface area contributed by atoms with Crippen molar-refractivity contribution in [2.45, 2.75) is 29.6 Å². The molecule has 2 aliphatic rings. The van der Waals surface area contributed by atoms with Crippen molar-refractivity contribution in [3.63, 3.8) is 0 Å². The van der Waals surface area contributed by atoms with Crippen LogP contribution in [0.15, 0.2) is 52.3 Å². The normalized spacial score (nSPS) is 17.3. The standard InChI is InChI=1S/C22H26N2O2S/c1-16(14-23-11-5-6-12-23)15-24-18-7-3-4-8-20(18)27-21-13-17(22(25)26-2)9-10-19(21)24/h3-4,7-10,13,16H,5-6,11-12,14-15H2,1-2H3. The Morgan fingerprint density at radius 3 is 2.59 bits per heavy atom. The minimum atomic E-state index is -0.286. The maximum Gasteiger partial charge on any atom is 0.337 e. The van der Waals surface area contributed by atoms with Crippen molar-refractivity contribution in [3.8, 4) is 0 Å². The molecule has 1 unspecified atom stereocenters. The van der Waals surface area contributed by atoms with E-state index in [-0.39, 0.29) is 5.97 Å². The van der Waals surface area contributed by atoms with Gasteiger partial charge in [-0.25, -0.2) is 4.79 Å². The minimum Gasteiger partial charge on any atom is -0.465 e. The monoisotopic (exact) mass is 382 g/mol. The molecule has 0 radical (unpaired) electrons. The Morgan fingerprint density at radius 2 is 1.81 bits per heavy atom. The van der Waals surface area contributed by atoms with E-state index in [0.29, 0.717) is 11.5 Å². The van der Waals surface area contributed by atoms with E-state index in [0.717, 1.165) is 18.0 Å². The van der Waals surface area contributed by atoms with Crippen LogP contribution in [0, 0.1) is 5.92 Å². The van der Waals surface area contributed by atoms with E-state index in [1.54, 1.807) is 11.8 Å². The molecule has 1 fully saturated rings. The predicted octanol–water partition coefficient (Wildman–Crippen LogP) is 4.81. The molecular weight excluding hydrogens is 356 g/mol. The second kappa shape index (κ2) is 7.95. The van der Waals surface area contributed by atoms with Gasteiger partial charge in [-0.1, -0.05) is 30.8 Å². The van der Waals surface area contributed by atoms with E-state index in [2.05, 4.69) is 47.1 Å². The van der Waals surface area contributed by atoms with Crippen molar-refractivity contribution >= 4 is 29.1 Å². The summed E-state index contributed by atoms with van der Waals surface area (Å²) in [4.78, 5) is 19.3.